The number of anilines is 1. The lowest BCUT2D eigenvalue weighted by Crippen LogP contribution is -2.55. The molecule has 0 radical (unpaired) electrons. The van der Waals surface area contributed by atoms with Gasteiger partial charge < -0.3 is 10.4 Å². The average molecular weight is 426 g/mol. The summed E-state index contributed by atoms with van der Waals surface area (Å²) in [7, 11) is 0. The van der Waals surface area contributed by atoms with E-state index in [1.54, 1.807) is 6.92 Å². The number of rotatable bonds is 3. The molecular formula is C24H31N3O4. The van der Waals surface area contributed by atoms with Crippen molar-refractivity contribution in [1.82, 2.24) is 10.2 Å². The van der Waals surface area contributed by atoms with Crippen LogP contribution in [0.25, 0.3) is 0 Å². The Hall–Kier alpha value is -2.25. The van der Waals surface area contributed by atoms with Crippen molar-refractivity contribution in [3.05, 3.63) is 29.3 Å². The van der Waals surface area contributed by atoms with Gasteiger partial charge in [0.1, 0.15) is 5.54 Å². The van der Waals surface area contributed by atoms with Crippen LogP contribution in [0.1, 0.15) is 63.5 Å². The second-order valence-electron chi connectivity index (χ2n) is 9.60. The maximum Gasteiger partial charge on any atom is 0.250 e. The highest BCUT2D eigenvalue weighted by Crippen LogP contribution is 2.54. The highest BCUT2D eigenvalue weighted by atomic mass is 16.3. The first-order chi connectivity index (χ1) is 14.9. The van der Waals surface area contributed by atoms with Crippen molar-refractivity contribution in [3.8, 4) is 0 Å². The lowest BCUT2D eigenvalue weighted by Gasteiger charge is -2.32. The Bertz CT molecular complexity index is 937. The fraction of sp³-hybridized carbons (Fsp3) is 0.625. The molecule has 31 heavy (non-hydrogen) atoms. The largest absolute Gasteiger partial charge is 0.392 e. The molecule has 5 atom stereocenters. The highest BCUT2D eigenvalue weighted by Gasteiger charge is 2.71. The molecule has 7 nitrogen and oxygen atoms in total. The van der Waals surface area contributed by atoms with Crippen LogP contribution in [0.4, 0.5) is 5.69 Å². The lowest BCUT2D eigenvalue weighted by molar-refractivity contribution is -0.146. The van der Waals surface area contributed by atoms with E-state index in [0.29, 0.717) is 5.69 Å². The van der Waals surface area contributed by atoms with E-state index in [1.165, 1.54) is 4.90 Å². The van der Waals surface area contributed by atoms with Crippen molar-refractivity contribution in [2.24, 2.45) is 11.8 Å². The molecule has 0 aromatic heterocycles. The van der Waals surface area contributed by atoms with Crippen molar-refractivity contribution in [1.29, 1.82) is 0 Å². The van der Waals surface area contributed by atoms with Crippen LogP contribution in [0.3, 0.4) is 0 Å². The number of likely N-dealkylation sites (tertiary alicyclic amines) is 1. The Morgan fingerprint density at radius 2 is 1.84 bits per heavy atom. The zero-order valence-electron chi connectivity index (χ0n) is 18.2. The van der Waals surface area contributed by atoms with E-state index in [-0.39, 0.29) is 23.8 Å². The van der Waals surface area contributed by atoms with Gasteiger partial charge in [0.15, 0.2) is 0 Å². The molecule has 0 bridgehead atoms. The van der Waals surface area contributed by atoms with Gasteiger partial charge in [-0.1, -0.05) is 44.7 Å². The summed E-state index contributed by atoms with van der Waals surface area (Å²) in [5.41, 5.74) is 1.14. The number of hydrogen-bond acceptors (Lipinski definition) is 5. The Balaban J connectivity index is 1.63. The van der Waals surface area contributed by atoms with Gasteiger partial charge in [0.2, 0.25) is 17.7 Å². The normalized spacial score (nSPS) is 34.1. The number of fused-ring (bicyclic) bond motifs is 4. The third-order valence-corrected chi connectivity index (χ3v) is 7.87. The number of benzene rings is 1. The van der Waals surface area contributed by atoms with Crippen LogP contribution in [-0.4, -0.2) is 45.9 Å². The molecule has 1 aliphatic carbocycles. The summed E-state index contributed by atoms with van der Waals surface area (Å²) in [5.74, 6) is -2.38. The Kier molecular flexibility index (Phi) is 4.94. The molecule has 166 valence electrons. The number of nitrogens with one attached hydrogen (secondary N) is 2. The van der Waals surface area contributed by atoms with Crippen LogP contribution < -0.4 is 10.6 Å². The SMILES string of the molecule is CCc1ccc2c(c1)[C@@]1(N[C@@H]([C@H](C)O)[C@H]3C(=O)N(C4CCCCCC4)C(=O)[C@H]31)C(=O)N2. The van der Waals surface area contributed by atoms with Crippen LogP contribution in [0.2, 0.25) is 0 Å². The van der Waals surface area contributed by atoms with Crippen LogP contribution in [0.5, 0.6) is 0 Å². The summed E-state index contributed by atoms with van der Waals surface area (Å²) in [5, 5.41) is 16.8. The van der Waals surface area contributed by atoms with Gasteiger partial charge in [0.05, 0.1) is 17.9 Å². The van der Waals surface area contributed by atoms with Gasteiger partial charge in [0.25, 0.3) is 0 Å². The van der Waals surface area contributed by atoms with E-state index in [0.717, 1.165) is 56.1 Å². The maximum absolute atomic E-state index is 13.9. The van der Waals surface area contributed by atoms with Gasteiger partial charge in [-0.3, -0.25) is 24.6 Å². The number of nitrogens with zero attached hydrogens (tertiary/aromatic N) is 1. The van der Waals surface area contributed by atoms with Crippen LogP contribution in [0.15, 0.2) is 18.2 Å². The smallest absolute Gasteiger partial charge is 0.250 e. The molecule has 3 heterocycles. The monoisotopic (exact) mass is 425 g/mol. The van der Waals surface area contributed by atoms with E-state index >= 15 is 0 Å². The van der Waals surface area contributed by atoms with E-state index < -0.39 is 29.5 Å². The molecular weight excluding hydrogens is 394 g/mol. The van der Waals surface area contributed by atoms with Crippen molar-refractivity contribution >= 4 is 23.4 Å². The predicted octanol–water partition coefficient (Wildman–Crippen LogP) is 2.07. The van der Waals surface area contributed by atoms with Crippen LogP contribution in [-0.2, 0) is 26.3 Å². The summed E-state index contributed by atoms with van der Waals surface area (Å²) >= 11 is 0. The average Bonchev–Trinajstić information content (AvgIpc) is 3.23. The zero-order chi connectivity index (χ0) is 21.9. The third kappa shape index (κ3) is 2.82. The van der Waals surface area contributed by atoms with Gasteiger partial charge in [-0.05, 0) is 37.8 Å². The van der Waals surface area contributed by atoms with Crippen molar-refractivity contribution < 1.29 is 19.5 Å². The second kappa shape index (κ2) is 7.41. The molecule has 4 aliphatic rings. The standard InChI is InChI=1S/C24H31N3O4/c1-3-14-10-11-17-16(12-14)24(23(31)25-17)19-18(20(26-24)13(2)28)21(29)27(22(19)30)15-8-6-4-5-7-9-15/h10-13,15,18-20,26,28H,3-9H2,1-2H3,(H,25,31)/t13-,18-,19-,20-,24-/m0/s1. The first-order valence-corrected chi connectivity index (χ1v) is 11.7. The summed E-state index contributed by atoms with van der Waals surface area (Å²) in [6, 6.07) is 5.05. The number of carbonyl (C=O) groups excluding carboxylic acids is 3. The van der Waals surface area contributed by atoms with E-state index in [1.807, 2.05) is 25.1 Å². The van der Waals surface area contributed by atoms with Crippen molar-refractivity contribution in [2.45, 2.75) is 82.5 Å². The Morgan fingerprint density at radius 3 is 2.48 bits per heavy atom. The highest BCUT2D eigenvalue weighted by molar-refractivity contribution is 6.15. The topological polar surface area (TPSA) is 98.7 Å². The number of carbonyl (C=O) groups is 3. The van der Waals surface area contributed by atoms with E-state index in [9.17, 15) is 19.5 Å². The fourth-order valence-electron chi connectivity index (χ4n) is 6.31. The fourth-order valence-corrected chi connectivity index (χ4v) is 6.31. The minimum absolute atomic E-state index is 0.106. The van der Waals surface area contributed by atoms with Gasteiger partial charge in [-0.25, -0.2) is 0 Å². The number of imide groups is 1. The number of amides is 3. The van der Waals surface area contributed by atoms with E-state index in [2.05, 4.69) is 10.6 Å². The molecule has 5 rings (SSSR count). The molecule has 0 unspecified atom stereocenters. The molecule has 1 spiro atoms. The zero-order valence-corrected chi connectivity index (χ0v) is 18.2. The van der Waals surface area contributed by atoms with Crippen molar-refractivity contribution in [2.75, 3.05) is 5.32 Å². The summed E-state index contributed by atoms with van der Waals surface area (Å²) in [4.78, 5) is 42.4. The second-order valence-corrected chi connectivity index (χ2v) is 9.60. The molecule has 2 saturated heterocycles. The Labute approximate surface area is 182 Å². The molecule has 1 aromatic carbocycles. The third-order valence-electron chi connectivity index (χ3n) is 7.87. The quantitative estimate of drug-likeness (QED) is 0.509. The maximum atomic E-state index is 13.9. The van der Waals surface area contributed by atoms with Gasteiger partial charge in [-0.2, -0.15) is 0 Å². The Morgan fingerprint density at radius 1 is 1.13 bits per heavy atom. The molecule has 3 N–H and O–H groups in total. The van der Waals surface area contributed by atoms with Gasteiger partial charge in [0, 0.05) is 23.3 Å². The number of aliphatic hydroxyl groups excluding tert-OH is 1. The molecule has 3 fully saturated rings. The number of aliphatic hydroxyl groups is 1. The van der Waals surface area contributed by atoms with Crippen LogP contribution in [0, 0.1) is 11.8 Å². The van der Waals surface area contributed by atoms with Gasteiger partial charge >= 0.3 is 0 Å². The molecule has 3 aliphatic heterocycles. The van der Waals surface area contributed by atoms with Crippen LogP contribution >= 0.6 is 0 Å². The number of aryl methyl sites for hydroxylation is 1. The summed E-state index contributed by atoms with van der Waals surface area (Å²) < 4.78 is 0. The van der Waals surface area contributed by atoms with Gasteiger partial charge in [-0.15, -0.1) is 0 Å². The minimum atomic E-state index is -1.32. The van der Waals surface area contributed by atoms with Crippen molar-refractivity contribution in [3.63, 3.8) is 0 Å². The first kappa shape index (κ1) is 20.6. The molecule has 7 heteroatoms. The summed E-state index contributed by atoms with van der Waals surface area (Å²) in [6.45, 7) is 3.66. The van der Waals surface area contributed by atoms with E-state index in [4.69, 9.17) is 0 Å². The first-order valence-electron chi connectivity index (χ1n) is 11.7. The molecule has 1 aromatic rings. The number of hydrogen-bond donors (Lipinski definition) is 3. The predicted molar refractivity (Wildman–Crippen MR) is 115 cm³/mol. The molecule has 3 amide bonds. The lowest BCUT2D eigenvalue weighted by atomic mass is 9.76. The molecule has 1 saturated carbocycles. The minimum Gasteiger partial charge on any atom is -0.392 e. The summed E-state index contributed by atoms with van der Waals surface area (Å²) in [6.07, 6.45) is 5.82.